The van der Waals surface area contributed by atoms with Gasteiger partial charge in [0.25, 0.3) is 10.0 Å². The van der Waals surface area contributed by atoms with Gasteiger partial charge in [-0.3, -0.25) is 4.72 Å². The number of hydrogen-bond donors (Lipinski definition) is 2. The number of thiocarbonyl (C=S) groups is 1. The van der Waals surface area contributed by atoms with E-state index in [-0.39, 0.29) is 9.88 Å². The number of sulfonamides is 1. The van der Waals surface area contributed by atoms with Gasteiger partial charge in [-0.05, 0) is 36.8 Å². The van der Waals surface area contributed by atoms with Crippen LogP contribution in [0.4, 0.5) is 5.69 Å². The van der Waals surface area contributed by atoms with Crippen molar-refractivity contribution in [3.05, 3.63) is 58.1 Å². The largest absolute Gasteiger partial charge is 0.389 e. The van der Waals surface area contributed by atoms with Gasteiger partial charge < -0.3 is 5.73 Å². The number of halogens is 1. The zero-order chi connectivity index (χ0) is 15.6. The number of nitrogens with one attached hydrogen (secondary N) is 1. The summed E-state index contributed by atoms with van der Waals surface area (Å²) >= 11 is 8.24. The van der Waals surface area contributed by atoms with E-state index in [9.17, 15) is 8.42 Å². The minimum Gasteiger partial charge on any atom is -0.389 e. The highest BCUT2D eigenvalue weighted by Gasteiger charge is 2.16. The van der Waals surface area contributed by atoms with Crippen molar-refractivity contribution in [1.82, 2.24) is 0 Å². The Bertz CT molecular complexity index is 804. The van der Waals surface area contributed by atoms with E-state index in [1.165, 1.54) is 12.1 Å². The van der Waals surface area contributed by atoms with Crippen LogP contribution in [-0.4, -0.2) is 13.4 Å². The molecule has 0 amide bonds. The van der Waals surface area contributed by atoms with Crippen LogP contribution in [0.5, 0.6) is 0 Å². The van der Waals surface area contributed by atoms with Gasteiger partial charge in [0, 0.05) is 10.0 Å². The molecule has 4 nitrogen and oxygen atoms in total. The van der Waals surface area contributed by atoms with Crippen molar-refractivity contribution in [2.24, 2.45) is 5.73 Å². The molecule has 0 aromatic heterocycles. The highest BCUT2D eigenvalue weighted by molar-refractivity contribution is 9.10. The van der Waals surface area contributed by atoms with Crippen molar-refractivity contribution in [3.8, 4) is 0 Å². The smallest absolute Gasteiger partial charge is 0.261 e. The first kappa shape index (κ1) is 15.9. The summed E-state index contributed by atoms with van der Waals surface area (Å²) < 4.78 is 28.3. The third-order valence-corrected chi connectivity index (χ3v) is 5.40. The van der Waals surface area contributed by atoms with Crippen LogP contribution in [0.2, 0.25) is 0 Å². The molecule has 0 fully saturated rings. The van der Waals surface area contributed by atoms with Crippen molar-refractivity contribution >= 4 is 48.8 Å². The van der Waals surface area contributed by atoms with Crippen LogP contribution >= 0.6 is 28.1 Å². The predicted octanol–water partition coefficient (Wildman–Crippen LogP) is 3.19. The molecule has 0 aliphatic carbocycles. The summed E-state index contributed by atoms with van der Waals surface area (Å²) in [4.78, 5) is 0.276. The fourth-order valence-corrected chi connectivity index (χ4v) is 3.40. The minimum atomic E-state index is -3.69. The summed E-state index contributed by atoms with van der Waals surface area (Å²) in [6.07, 6.45) is 0. The number of hydrogen-bond acceptors (Lipinski definition) is 3. The Morgan fingerprint density at radius 3 is 2.57 bits per heavy atom. The SMILES string of the molecule is Cc1c(Br)cccc1NS(=O)(=O)c1cccc(C(N)=S)c1. The molecule has 2 aromatic carbocycles. The summed E-state index contributed by atoms with van der Waals surface area (Å²) in [5.41, 5.74) is 7.38. The van der Waals surface area contributed by atoms with Gasteiger partial charge in [-0.25, -0.2) is 8.42 Å². The summed E-state index contributed by atoms with van der Waals surface area (Å²) in [7, 11) is -3.69. The first-order valence-corrected chi connectivity index (χ1v) is 8.67. The van der Waals surface area contributed by atoms with Crippen molar-refractivity contribution < 1.29 is 8.42 Å². The van der Waals surface area contributed by atoms with E-state index >= 15 is 0 Å². The summed E-state index contributed by atoms with van der Waals surface area (Å²) in [5.74, 6) is 0. The van der Waals surface area contributed by atoms with E-state index in [0.29, 0.717) is 11.3 Å². The number of rotatable bonds is 4. The molecule has 2 aromatic rings. The van der Waals surface area contributed by atoms with E-state index < -0.39 is 10.0 Å². The summed E-state index contributed by atoms with van der Waals surface area (Å²) in [6, 6.07) is 11.5. The Kier molecular flexibility index (Phi) is 4.65. The van der Waals surface area contributed by atoms with Crippen LogP contribution in [0, 0.1) is 6.92 Å². The average Bonchev–Trinajstić information content (AvgIpc) is 2.44. The minimum absolute atomic E-state index is 0.118. The number of benzene rings is 2. The van der Waals surface area contributed by atoms with Crippen LogP contribution in [-0.2, 0) is 10.0 Å². The second-order valence-corrected chi connectivity index (χ2v) is 7.39. The van der Waals surface area contributed by atoms with Crippen LogP contribution < -0.4 is 10.5 Å². The van der Waals surface area contributed by atoms with Crippen molar-refractivity contribution in [1.29, 1.82) is 0 Å². The predicted molar refractivity (Wildman–Crippen MR) is 92.0 cm³/mol. The van der Waals surface area contributed by atoms with Crippen molar-refractivity contribution in [2.45, 2.75) is 11.8 Å². The monoisotopic (exact) mass is 384 g/mol. The van der Waals surface area contributed by atoms with Crippen molar-refractivity contribution in [2.75, 3.05) is 4.72 Å². The molecule has 0 aliphatic heterocycles. The molecule has 0 atom stereocenters. The fourth-order valence-electron chi connectivity index (χ4n) is 1.74. The maximum absolute atomic E-state index is 12.4. The number of nitrogens with two attached hydrogens (primary N) is 1. The second-order valence-electron chi connectivity index (χ2n) is 4.41. The molecular weight excluding hydrogens is 372 g/mol. The molecule has 0 aliphatic rings. The molecule has 0 saturated heterocycles. The quantitative estimate of drug-likeness (QED) is 0.793. The normalized spacial score (nSPS) is 11.1. The maximum atomic E-state index is 12.4. The molecule has 0 heterocycles. The molecule has 0 radical (unpaired) electrons. The first-order chi connectivity index (χ1) is 9.81. The van der Waals surface area contributed by atoms with E-state index in [4.69, 9.17) is 18.0 Å². The molecule has 0 unspecified atom stereocenters. The molecule has 3 N–H and O–H groups in total. The first-order valence-electron chi connectivity index (χ1n) is 5.99. The van der Waals surface area contributed by atoms with Gasteiger partial charge in [-0.15, -0.1) is 0 Å². The van der Waals surface area contributed by atoms with Gasteiger partial charge in [-0.2, -0.15) is 0 Å². The summed E-state index contributed by atoms with van der Waals surface area (Å²) in [6.45, 7) is 1.83. The van der Waals surface area contributed by atoms with Crippen LogP contribution in [0.25, 0.3) is 0 Å². The van der Waals surface area contributed by atoms with E-state index in [2.05, 4.69) is 20.7 Å². The maximum Gasteiger partial charge on any atom is 0.261 e. The lowest BCUT2D eigenvalue weighted by molar-refractivity contribution is 0.601. The standard InChI is InChI=1S/C14H13BrN2O2S2/c1-9-12(15)6-3-7-13(9)17-21(18,19)11-5-2-4-10(8-11)14(16)20/h2-8,17H,1H3,(H2,16,20). The Balaban J connectivity index is 2.41. The van der Waals surface area contributed by atoms with E-state index in [1.54, 1.807) is 24.3 Å². The Morgan fingerprint density at radius 1 is 1.24 bits per heavy atom. The highest BCUT2D eigenvalue weighted by atomic mass is 79.9. The Hall–Kier alpha value is -1.44. The molecule has 0 saturated carbocycles. The third-order valence-electron chi connectivity index (χ3n) is 2.94. The van der Waals surface area contributed by atoms with E-state index in [0.717, 1.165) is 10.0 Å². The Labute approximate surface area is 137 Å². The lowest BCUT2D eigenvalue weighted by atomic mass is 10.2. The second kappa shape index (κ2) is 6.13. The third kappa shape index (κ3) is 3.61. The van der Waals surface area contributed by atoms with Gasteiger partial charge >= 0.3 is 0 Å². The summed E-state index contributed by atoms with van der Waals surface area (Å²) in [5, 5.41) is 0. The zero-order valence-corrected chi connectivity index (χ0v) is 14.3. The molecule has 21 heavy (non-hydrogen) atoms. The van der Waals surface area contributed by atoms with E-state index in [1.807, 2.05) is 13.0 Å². The van der Waals surface area contributed by atoms with Crippen LogP contribution in [0.15, 0.2) is 51.8 Å². The fraction of sp³-hybridized carbons (Fsp3) is 0.0714. The van der Waals surface area contributed by atoms with Crippen molar-refractivity contribution in [3.63, 3.8) is 0 Å². The zero-order valence-electron chi connectivity index (χ0n) is 11.1. The average molecular weight is 385 g/mol. The van der Waals surface area contributed by atoms with Gasteiger partial charge in [0.1, 0.15) is 4.99 Å². The molecule has 7 heteroatoms. The topological polar surface area (TPSA) is 72.2 Å². The molecule has 0 spiro atoms. The molecule has 0 bridgehead atoms. The lowest BCUT2D eigenvalue weighted by Crippen LogP contribution is -2.15. The highest BCUT2D eigenvalue weighted by Crippen LogP contribution is 2.26. The van der Waals surface area contributed by atoms with Crippen LogP contribution in [0.3, 0.4) is 0 Å². The lowest BCUT2D eigenvalue weighted by Gasteiger charge is -2.12. The van der Waals surface area contributed by atoms with Crippen LogP contribution in [0.1, 0.15) is 11.1 Å². The Morgan fingerprint density at radius 2 is 1.90 bits per heavy atom. The van der Waals surface area contributed by atoms with Gasteiger partial charge in [0.2, 0.25) is 0 Å². The van der Waals surface area contributed by atoms with Gasteiger partial charge in [0.15, 0.2) is 0 Å². The van der Waals surface area contributed by atoms with Gasteiger partial charge in [-0.1, -0.05) is 46.3 Å². The van der Waals surface area contributed by atoms with Gasteiger partial charge in [0.05, 0.1) is 10.6 Å². The number of anilines is 1. The molecule has 110 valence electrons. The molecule has 2 rings (SSSR count). The molecular formula is C14H13BrN2O2S2.